The van der Waals surface area contributed by atoms with Crippen molar-refractivity contribution in [1.82, 2.24) is 9.80 Å². The Morgan fingerprint density at radius 3 is 2.20 bits per heavy atom. The zero-order valence-corrected chi connectivity index (χ0v) is 12.9. The number of hydrogen-bond acceptors (Lipinski definition) is 3. The second-order valence-corrected chi connectivity index (χ2v) is 6.34. The Balaban J connectivity index is 1.56. The van der Waals surface area contributed by atoms with Crippen LogP contribution < -0.4 is 4.90 Å². The number of piperidine rings is 1. The summed E-state index contributed by atoms with van der Waals surface area (Å²) in [6.07, 6.45) is 2.70. The van der Waals surface area contributed by atoms with Crippen molar-refractivity contribution < 1.29 is 0 Å². The quantitative estimate of drug-likeness (QED) is 0.818. The lowest BCUT2D eigenvalue weighted by Crippen LogP contribution is -2.53. The average Bonchev–Trinajstić information content (AvgIpc) is 2.49. The van der Waals surface area contributed by atoms with Gasteiger partial charge in [-0.2, -0.15) is 0 Å². The summed E-state index contributed by atoms with van der Waals surface area (Å²) in [6.45, 7) is 9.56. The van der Waals surface area contributed by atoms with Crippen LogP contribution in [-0.4, -0.2) is 62.2 Å². The number of nitrogens with zero attached hydrogens (tertiary/aromatic N) is 3. The van der Waals surface area contributed by atoms with Gasteiger partial charge >= 0.3 is 0 Å². The highest BCUT2D eigenvalue weighted by Gasteiger charge is 2.26. The number of benzene rings is 1. The van der Waals surface area contributed by atoms with Gasteiger partial charge in [-0.3, -0.25) is 4.90 Å². The molecule has 0 saturated carbocycles. The molecule has 1 aromatic rings. The third kappa shape index (κ3) is 2.99. The lowest BCUT2D eigenvalue weighted by atomic mass is 10.0. The van der Waals surface area contributed by atoms with E-state index in [0.717, 1.165) is 6.04 Å². The van der Waals surface area contributed by atoms with Gasteiger partial charge in [-0.15, -0.1) is 0 Å². The maximum absolute atomic E-state index is 2.72. The highest BCUT2D eigenvalue weighted by Crippen LogP contribution is 2.23. The molecule has 3 heteroatoms. The van der Waals surface area contributed by atoms with Crippen molar-refractivity contribution in [3.8, 4) is 0 Å². The third-order valence-electron chi connectivity index (χ3n) is 4.97. The van der Waals surface area contributed by atoms with Gasteiger partial charge in [0.05, 0.1) is 0 Å². The summed E-state index contributed by atoms with van der Waals surface area (Å²) in [7, 11) is 2.24. The van der Waals surface area contributed by atoms with E-state index < -0.39 is 0 Å². The van der Waals surface area contributed by atoms with Crippen molar-refractivity contribution in [2.45, 2.75) is 25.8 Å². The summed E-state index contributed by atoms with van der Waals surface area (Å²) in [5.74, 6) is 0. The molecule has 3 rings (SSSR count). The summed E-state index contributed by atoms with van der Waals surface area (Å²) >= 11 is 0. The Kier molecular flexibility index (Phi) is 4.27. The van der Waals surface area contributed by atoms with Crippen molar-refractivity contribution >= 4 is 5.69 Å². The number of piperazine rings is 1. The summed E-state index contributed by atoms with van der Waals surface area (Å²) < 4.78 is 0. The Morgan fingerprint density at radius 1 is 0.900 bits per heavy atom. The van der Waals surface area contributed by atoms with E-state index in [4.69, 9.17) is 0 Å². The van der Waals surface area contributed by atoms with Crippen molar-refractivity contribution in [3.63, 3.8) is 0 Å². The minimum absolute atomic E-state index is 0.824. The van der Waals surface area contributed by atoms with E-state index in [1.54, 1.807) is 0 Å². The van der Waals surface area contributed by atoms with Gasteiger partial charge in [0.1, 0.15) is 0 Å². The highest BCUT2D eigenvalue weighted by molar-refractivity contribution is 5.53. The molecule has 0 aliphatic carbocycles. The van der Waals surface area contributed by atoms with Crippen LogP contribution in [0, 0.1) is 6.92 Å². The van der Waals surface area contributed by atoms with Gasteiger partial charge in [0.2, 0.25) is 0 Å². The fourth-order valence-electron chi connectivity index (χ4n) is 3.61. The zero-order chi connectivity index (χ0) is 13.9. The number of likely N-dealkylation sites (tertiary alicyclic amines) is 1. The van der Waals surface area contributed by atoms with Crippen LogP contribution in [-0.2, 0) is 0 Å². The molecule has 0 amide bonds. The first-order valence-corrected chi connectivity index (χ1v) is 7.97. The first-order chi connectivity index (χ1) is 9.74. The molecular weight excluding hydrogens is 246 g/mol. The van der Waals surface area contributed by atoms with Gasteiger partial charge in [-0.05, 0) is 51.5 Å². The molecule has 0 radical (unpaired) electrons. The molecule has 1 aromatic carbocycles. The highest BCUT2D eigenvalue weighted by atomic mass is 15.3. The lowest BCUT2D eigenvalue weighted by Gasteiger charge is -2.43. The molecule has 110 valence electrons. The normalized spacial score (nSPS) is 23.2. The van der Waals surface area contributed by atoms with Gasteiger partial charge in [-0.1, -0.05) is 18.2 Å². The fourth-order valence-corrected chi connectivity index (χ4v) is 3.61. The first-order valence-electron chi connectivity index (χ1n) is 7.97. The summed E-state index contributed by atoms with van der Waals surface area (Å²) in [5.41, 5.74) is 2.83. The van der Waals surface area contributed by atoms with Gasteiger partial charge in [0, 0.05) is 37.9 Å². The largest absolute Gasteiger partial charge is 0.369 e. The van der Waals surface area contributed by atoms with Gasteiger partial charge < -0.3 is 9.80 Å². The summed E-state index contributed by atoms with van der Waals surface area (Å²) in [5, 5.41) is 0. The molecule has 0 aromatic heterocycles. The van der Waals surface area contributed by atoms with Gasteiger partial charge in [-0.25, -0.2) is 0 Å². The second kappa shape index (κ2) is 6.15. The topological polar surface area (TPSA) is 9.72 Å². The van der Waals surface area contributed by atoms with Crippen molar-refractivity contribution in [2.75, 3.05) is 51.2 Å². The monoisotopic (exact) mass is 273 g/mol. The molecule has 2 saturated heterocycles. The Morgan fingerprint density at radius 2 is 1.55 bits per heavy atom. The van der Waals surface area contributed by atoms with E-state index in [1.165, 1.54) is 63.4 Å². The molecule has 2 fully saturated rings. The minimum atomic E-state index is 0.824. The van der Waals surface area contributed by atoms with E-state index in [2.05, 4.69) is 52.9 Å². The smallest absolute Gasteiger partial charge is 0.0396 e. The molecular formula is C17H27N3. The SMILES string of the molecule is Cc1ccccc1N1CCN(C2CCN(C)CC2)CC1. The lowest BCUT2D eigenvalue weighted by molar-refractivity contribution is 0.115. The van der Waals surface area contributed by atoms with Gasteiger partial charge in [0.25, 0.3) is 0 Å². The Hall–Kier alpha value is -1.06. The minimum Gasteiger partial charge on any atom is -0.369 e. The Bertz CT molecular complexity index is 430. The number of hydrogen-bond donors (Lipinski definition) is 0. The predicted molar refractivity (Wildman–Crippen MR) is 85.5 cm³/mol. The van der Waals surface area contributed by atoms with Crippen LogP contribution in [0.3, 0.4) is 0 Å². The molecule has 2 aliphatic rings. The van der Waals surface area contributed by atoms with Crippen LogP contribution in [0.4, 0.5) is 5.69 Å². The Labute approximate surface area is 123 Å². The molecule has 0 atom stereocenters. The summed E-state index contributed by atoms with van der Waals surface area (Å²) in [4.78, 5) is 7.74. The zero-order valence-electron chi connectivity index (χ0n) is 12.9. The second-order valence-electron chi connectivity index (χ2n) is 6.34. The number of aryl methyl sites for hydroxylation is 1. The van der Waals surface area contributed by atoms with E-state index in [9.17, 15) is 0 Å². The molecule has 0 unspecified atom stereocenters. The van der Waals surface area contributed by atoms with E-state index in [-0.39, 0.29) is 0 Å². The van der Waals surface area contributed by atoms with Crippen LogP contribution in [0.2, 0.25) is 0 Å². The molecule has 0 N–H and O–H groups in total. The van der Waals surface area contributed by atoms with Crippen LogP contribution >= 0.6 is 0 Å². The fraction of sp³-hybridized carbons (Fsp3) is 0.647. The van der Waals surface area contributed by atoms with Gasteiger partial charge in [0.15, 0.2) is 0 Å². The molecule has 0 spiro atoms. The molecule has 20 heavy (non-hydrogen) atoms. The van der Waals surface area contributed by atoms with Crippen molar-refractivity contribution in [2.24, 2.45) is 0 Å². The van der Waals surface area contributed by atoms with Crippen molar-refractivity contribution in [1.29, 1.82) is 0 Å². The van der Waals surface area contributed by atoms with Crippen LogP contribution in [0.5, 0.6) is 0 Å². The van der Waals surface area contributed by atoms with Crippen LogP contribution in [0.1, 0.15) is 18.4 Å². The number of anilines is 1. The number of rotatable bonds is 2. The van der Waals surface area contributed by atoms with Crippen LogP contribution in [0.15, 0.2) is 24.3 Å². The van der Waals surface area contributed by atoms with E-state index >= 15 is 0 Å². The average molecular weight is 273 g/mol. The number of para-hydroxylation sites is 1. The predicted octanol–water partition coefficient (Wildman–Crippen LogP) is 2.21. The third-order valence-corrected chi connectivity index (χ3v) is 4.97. The van der Waals surface area contributed by atoms with Crippen LogP contribution in [0.25, 0.3) is 0 Å². The maximum Gasteiger partial charge on any atom is 0.0396 e. The van der Waals surface area contributed by atoms with E-state index in [1.807, 2.05) is 0 Å². The summed E-state index contributed by atoms with van der Waals surface area (Å²) in [6, 6.07) is 9.60. The molecule has 2 heterocycles. The van der Waals surface area contributed by atoms with Crippen molar-refractivity contribution in [3.05, 3.63) is 29.8 Å². The maximum atomic E-state index is 2.72. The van der Waals surface area contributed by atoms with E-state index in [0.29, 0.717) is 0 Å². The molecule has 3 nitrogen and oxygen atoms in total. The molecule has 0 bridgehead atoms. The molecule has 2 aliphatic heterocycles. The first kappa shape index (κ1) is 13.9. The standard InChI is InChI=1S/C17H27N3/c1-15-5-3-4-6-17(15)20-13-11-19(12-14-20)16-7-9-18(2)10-8-16/h3-6,16H,7-14H2,1-2H3.